The van der Waals surface area contributed by atoms with Crippen molar-refractivity contribution in [1.29, 1.82) is 0 Å². The van der Waals surface area contributed by atoms with E-state index in [4.69, 9.17) is 0 Å². The maximum Gasteiger partial charge on any atom is 0.228 e. The quantitative estimate of drug-likeness (QED) is 0.886. The first kappa shape index (κ1) is 13.2. The van der Waals surface area contributed by atoms with Gasteiger partial charge in [0.1, 0.15) is 5.69 Å². The van der Waals surface area contributed by atoms with Crippen LogP contribution in [0.2, 0.25) is 0 Å². The molecule has 2 aliphatic rings. The molecule has 22 heavy (non-hydrogen) atoms. The number of amides is 1. The van der Waals surface area contributed by atoms with Crippen LogP contribution in [0.15, 0.2) is 30.9 Å². The van der Waals surface area contributed by atoms with Gasteiger partial charge in [0.05, 0.1) is 17.8 Å². The van der Waals surface area contributed by atoms with Crippen LogP contribution < -0.4 is 10.2 Å². The van der Waals surface area contributed by atoms with E-state index in [0.29, 0.717) is 12.5 Å². The van der Waals surface area contributed by atoms with E-state index in [2.05, 4.69) is 25.3 Å². The molecule has 2 aliphatic heterocycles. The molecule has 1 amide bonds. The molecule has 7 heteroatoms. The number of nitrogens with one attached hydrogen (secondary N) is 1. The predicted molar refractivity (Wildman–Crippen MR) is 80.7 cm³/mol. The van der Waals surface area contributed by atoms with Crippen LogP contribution in [0.1, 0.15) is 19.3 Å². The first-order chi connectivity index (χ1) is 10.8. The first-order valence-electron chi connectivity index (χ1n) is 7.62. The summed E-state index contributed by atoms with van der Waals surface area (Å²) in [7, 11) is 0. The Balaban J connectivity index is 1.55. The average Bonchev–Trinajstić information content (AvgIpc) is 3.20. The summed E-state index contributed by atoms with van der Waals surface area (Å²) in [5, 5.41) is 7.13. The van der Waals surface area contributed by atoms with Crippen molar-refractivity contribution >= 4 is 11.9 Å². The maximum atomic E-state index is 12.1. The molecule has 2 fully saturated rings. The molecule has 2 saturated heterocycles. The number of hydrogen-bond acceptors (Lipinski definition) is 5. The lowest BCUT2D eigenvalue weighted by Gasteiger charge is -2.38. The highest BCUT2D eigenvalue weighted by atomic mass is 16.2. The number of piperidine rings is 1. The number of aromatic nitrogens is 4. The normalized spacial score (nSPS) is 24.7. The van der Waals surface area contributed by atoms with Gasteiger partial charge in [0.15, 0.2) is 0 Å². The smallest absolute Gasteiger partial charge is 0.228 e. The van der Waals surface area contributed by atoms with Crippen LogP contribution in [0, 0.1) is 5.41 Å². The van der Waals surface area contributed by atoms with E-state index in [9.17, 15) is 4.79 Å². The third-order valence-electron chi connectivity index (χ3n) is 4.62. The third-order valence-corrected chi connectivity index (χ3v) is 4.62. The molecule has 0 radical (unpaired) electrons. The Bertz CT molecular complexity index is 668. The highest BCUT2D eigenvalue weighted by Gasteiger charge is 2.45. The number of rotatable bonds is 2. The van der Waals surface area contributed by atoms with E-state index in [1.54, 1.807) is 23.3 Å². The summed E-state index contributed by atoms with van der Waals surface area (Å²) in [5.41, 5.74) is 0.585. The van der Waals surface area contributed by atoms with Crippen LogP contribution in [-0.4, -0.2) is 45.3 Å². The summed E-state index contributed by atoms with van der Waals surface area (Å²) in [4.78, 5) is 23.2. The van der Waals surface area contributed by atoms with Crippen LogP contribution in [0.3, 0.4) is 0 Å². The SMILES string of the molecule is O=C1NCCC12CCCN(c1ncc(-n3cccn3)cn1)C2. The fourth-order valence-corrected chi connectivity index (χ4v) is 3.43. The second-order valence-electron chi connectivity index (χ2n) is 6.00. The highest BCUT2D eigenvalue weighted by molar-refractivity contribution is 5.85. The molecular formula is C15H18N6O. The summed E-state index contributed by atoms with van der Waals surface area (Å²) in [6, 6.07) is 1.86. The zero-order valence-electron chi connectivity index (χ0n) is 12.3. The van der Waals surface area contributed by atoms with Gasteiger partial charge in [-0.05, 0) is 25.3 Å². The Kier molecular flexibility index (Phi) is 3.06. The lowest BCUT2D eigenvalue weighted by molar-refractivity contribution is -0.128. The fraction of sp³-hybridized carbons (Fsp3) is 0.467. The Morgan fingerprint density at radius 2 is 2.09 bits per heavy atom. The monoisotopic (exact) mass is 298 g/mol. The molecule has 0 saturated carbocycles. The number of hydrogen-bond donors (Lipinski definition) is 1. The summed E-state index contributed by atoms with van der Waals surface area (Å²) in [5.74, 6) is 0.875. The van der Waals surface area contributed by atoms with Crippen LogP contribution in [0.4, 0.5) is 5.95 Å². The van der Waals surface area contributed by atoms with E-state index in [-0.39, 0.29) is 11.3 Å². The van der Waals surface area contributed by atoms with Gasteiger partial charge in [-0.2, -0.15) is 5.10 Å². The van der Waals surface area contributed by atoms with Crippen LogP contribution >= 0.6 is 0 Å². The van der Waals surface area contributed by atoms with Gasteiger partial charge in [-0.25, -0.2) is 14.6 Å². The second-order valence-corrected chi connectivity index (χ2v) is 6.00. The molecule has 114 valence electrons. The molecule has 0 aromatic carbocycles. The minimum atomic E-state index is -0.248. The second kappa shape index (κ2) is 5.08. The molecular weight excluding hydrogens is 280 g/mol. The largest absolute Gasteiger partial charge is 0.356 e. The first-order valence-corrected chi connectivity index (χ1v) is 7.62. The Morgan fingerprint density at radius 3 is 2.77 bits per heavy atom. The molecule has 2 aromatic rings. The van der Waals surface area contributed by atoms with Crippen molar-refractivity contribution in [2.45, 2.75) is 19.3 Å². The zero-order valence-corrected chi connectivity index (χ0v) is 12.3. The van der Waals surface area contributed by atoms with Gasteiger partial charge in [-0.1, -0.05) is 0 Å². The number of carbonyl (C=O) groups excluding carboxylic acids is 1. The van der Waals surface area contributed by atoms with E-state index >= 15 is 0 Å². The van der Waals surface area contributed by atoms with Gasteiger partial charge in [0.25, 0.3) is 0 Å². The highest BCUT2D eigenvalue weighted by Crippen LogP contribution is 2.37. The van der Waals surface area contributed by atoms with Gasteiger partial charge < -0.3 is 10.2 Å². The van der Waals surface area contributed by atoms with Gasteiger partial charge >= 0.3 is 0 Å². The molecule has 4 rings (SSSR count). The van der Waals surface area contributed by atoms with Crippen LogP contribution in [0.25, 0.3) is 5.69 Å². The van der Waals surface area contributed by atoms with Crippen molar-refractivity contribution in [3.8, 4) is 5.69 Å². The standard InChI is InChI=1S/C15H18N6O/c22-13-15(4-6-16-13)3-1-7-20(11-15)14-17-9-12(10-18-14)21-8-2-5-19-21/h2,5,8-10H,1,3-4,6-7,11H2,(H,16,22). The van der Waals surface area contributed by atoms with Crippen molar-refractivity contribution < 1.29 is 4.79 Å². The number of carbonyl (C=O) groups is 1. The zero-order chi connectivity index (χ0) is 15.0. The molecule has 0 bridgehead atoms. The predicted octanol–water partition coefficient (Wildman–Crippen LogP) is 0.769. The minimum absolute atomic E-state index is 0.186. The number of nitrogens with zero attached hydrogens (tertiary/aromatic N) is 5. The van der Waals surface area contributed by atoms with Gasteiger partial charge in [-0.15, -0.1) is 0 Å². The Labute approximate surface area is 128 Å². The van der Waals surface area contributed by atoms with Crippen LogP contribution in [0.5, 0.6) is 0 Å². The summed E-state index contributed by atoms with van der Waals surface area (Å²) in [6.45, 7) is 2.39. The molecule has 1 spiro atoms. The third kappa shape index (κ3) is 2.13. The van der Waals surface area contributed by atoms with Gasteiger partial charge in [0.2, 0.25) is 11.9 Å². The van der Waals surface area contributed by atoms with Crippen molar-refractivity contribution in [2.75, 3.05) is 24.5 Å². The summed E-state index contributed by atoms with van der Waals surface area (Å²) in [6.07, 6.45) is 9.99. The molecule has 7 nitrogen and oxygen atoms in total. The van der Waals surface area contributed by atoms with Crippen molar-refractivity contribution in [1.82, 2.24) is 25.1 Å². The topological polar surface area (TPSA) is 75.9 Å². The van der Waals surface area contributed by atoms with Crippen molar-refractivity contribution in [2.24, 2.45) is 5.41 Å². The van der Waals surface area contributed by atoms with Crippen LogP contribution in [-0.2, 0) is 4.79 Å². The molecule has 1 N–H and O–H groups in total. The minimum Gasteiger partial charge on any atom is -0.356 e. The van der Waals surface area contributed by atoms with E-state index in [1.165, 1.54) is 0 Å². The van der Waals surface area contributed by atoms with E-state index < -0.39 is 0 Å². The van der Waals surface area contributed by atoms with E-state index in [1.807, 2.05) is 12.3 Å². The number of anilines is 1. The van der Waals surface area contributed by atoms with Gasteiger partial charge in [0, 0.05) is 32.0 Å². The molecule has 1 atom stereocenters. The lowest BCUT2D eigenvalue weighted by Crippen LogP contribution is -2.47. The summed E-state index contributed by atoms with van der Waals surface area (Å²) < 4.78 is 1.73. The lowest BCUT2D eigenvalue weighted by atomic mass is 9.78. The fourth-order valence-electron chi connectivity index (χ4n) is 3.43. The molecule has 4 heterocycles. The average molecular weight is 298 g/mol. The maximum absolute atomic E-state index is 12.1. The summed E-state index contributed by atoms with van der Waals surface area (Å²) >= 11 is 0. The van der Waals surface area contributed by atoms with E-state index in [0.717, 1.165) is 38.0 Å². The Hall–Kier alpha value is -2.44. The van der Waals surface area contributed by atoms with Crippen molar-refractivity contribution in [3.63, 3.8) is 0 Å². The van der Waals surface area contributed by atoms with Gasteiger partial charge in [-0.3, -0.25) is 4.79 Å². The Morgan fingerprint density at radius 1 is 1.23 bits per heavy atom. The molecule has 1 unspecified atom stereocenters. The molecule has 2 aromatic heterocycles. The van der Waals surface area contributed by atoms with Crippen molar-refractivity contribution in [3.05, 3.63) is 30.9 Å². The molecule has 0 aliphatic carbocycles.